The van der Waals surface area contributed by atoms with E-state index in [4.69, 9.17) is 9.52 Å². The normalized spacial score (nSPS) is 10.5. The number of nitrogens with zero attached hydrogens (tertiary/aromatic N) is 1. The molecule has 5 heteroatoms. The van der Waals surface area contributed by atoms with Crippen LogP contribution in [0, 0.1) is 0 Å². The molecule has 106 valence electrons. The molecule has 2 rings (SSSR count). The zero-order chi connectivity index (χ0) is 14.5. The molecule has 1 heterocycles. The Bertz CT molecular complexity index is 573. The number of nitrogens with one attached hydrogen (secondary N) is 1. The van der Waals surface area contributed by atoms with Crippen LogP contribution < -0.4 is 10.2 Å². The number of furan rings is 1. The molecule has 0 radical (unpaired) electrons. The van der Waals surface area contributed by atoms with Gasteiger partial charge in [0.15, 0.2) is 0 Å². The Morgan fingerprint density at radius 2 is 1.95 bits per heavy atom. The average molecular weight is 274 g/mol. The van der Waals surface area contributed by atoms with E-state index in [1.54, 1.807) is 0 Å². The van der Waals surface area contributed by atoms with E-state index in [1.807, 2.05) is 19.0 Å². The number of anilines is 1. The first kappa shape index (κ1) is 14.1. The summed E-state index contributed by atoms with van der Waals surface area (Å²) in [4.78, 5) is 12.8. The lowest BCUT2D eigenvalue weighted by molar-refractivity contribution is 0.0696. The highest BCUT2D eigenvalue weighted by atomic mass is 16.4. The van der Waals surface area contributed by atoms with Gasteiger partial charge in [-0.3, -0.25) is 0 Å². The fraction of sp³-hybridized carbons (Fsp3) is 0.267. The van der Waals surface area contributed by atoms with Crippen molar-refractivity contribution in [1.29, 1.82) is 0 Å². The highest BCUT2D eigenvalue weighted by molar-refractivity contribution is 5.87. The van der Waals surface area contributed by atoms with Crippen molar-refractivity contribution >= 4 is 11.7 Å². The highest BCUT2D eigenvalue weighted by Gasteiger charge is 2.07. The van der Waals surface area contributed by atoms with E-state index in [0.29, 0.717) is 18.8 Å². The van der Waals surface area contributed by atoms with E-state index in [1.165, 1.54) is 17.9 Å². The maximum Gasteiger partial charge on any atom is 0.338 e. The first-order valence-electron chi connectivity index (χ1n) is 6.34. The van der Waals surface area contributed by atoms with Gasteiger partial charge in [-0.05, 0) is 23.8 Å². The molecule has 5 nitrogen and oxygen atoms in total. The van der Waals surface area contributed by atoms with Gasteiger partial charge in [0, 0.05) is 26.3 Å². The third kappa shape index (κ3) is 3.61. The fourth-order valence-corrected chi connectivity index (χ4v) is 1.83. The predicted molar refractivity (Wildman–Crippen MR) is 77.0 cm³/mol. The van der Waals surface area contributed by atoms with Crippen LogP contribution in [0.25, 0.3) is 0 Å². The van der Waals surface area contributed by atoms with Gasteiger partial charge in [0.1, 0.15) is 12.0 Å². The third-order valence-electron chi connectivity index (χ3n) is 2.98. The molecule has 0 aliphatic heterocycles. The molecule has 0 bridgehead atoms. The lowest BCUT2D eigenvalue weighted by atomic mass is 10.2. The molecule has 1 aromatic carbocycles. The van der Waals surface area contributed by atoms with E-state index in [2.05, 4.69) is 29.6 Å². The molecule has 1 aromatic heterocycles. The molecule has 0 saturated heterocycles. The molecule has 0 amide bonds. The second kappa shape index (κ2) is 6.25. The van der Waals surface area contributed by atoms with Gasteiger partial charge >= 0.3 is 5.97 Å². The number of carbonyl (C=O) groups is 1. The SMILES string of the molecule is CN(C)c1ccc(CNCc2cc(C(=O)O)co2)cc1. The Labute approximate surface area is 117 Å². The van der Waals surface area contributed by atoms with Crippen molar-refractivity contribution in [1.82, 2.24) is 5.32 Å². The standard InChI is InChI=1S/C15H18N2O3/c1-17(2)13-5-3-11(4-6-13)8-16-9-14-7-12(10-20-14)15(18)19/h3-7,10,16H,8-9H2,1-2H3,(H,18,19). The van der Waals surface area contributed by atoms with Gasteiger partial charge in [0.25, 0.3) is 0 Å². The molecule has 2 aromatic rings. The summed E-state index contributed by atoms with van der Waals surface area (Å²) in [6, 6.07) is 9.78. The van der Waals surface area contributed by atoms with Crippen molar-refractivity contribution in [3.05, 3.63) is 53.5 Å². The third-order valence-corrected chi connectivity index (χ3v) is 2.98. The van der Waals surface area contributed by atoms with Gasteiger partial charge in [-0.25, -0.2) is 4.79 Å². The van der Waals surface area contributed by atoms with E-state index < -0.39 is 5.97 Å². The topological polar surface area (TPSA) is 65.7 Å². The number of benzene rings is 1. The summed E-state index contributed by atoms with van der Waals surface area (Å²) in [5, 5.41) is 12.0. The Kier molecular flexibility index (Phi) is 4.42. The predicted octanol–water partition coefficient (Wildman–Crippen LogP) is 2.33. The molecule has 0 aliphatic rings. The van der Waals surface area contributed by atoms with Crippen molar-refractivity contribution in [3.8, 4) is 0 Å². The molecule has 20 heavy (non-hydrogen) atoms. The summed E-state index contributed by atoms with van der Waals surface area (Å²) >= 11 is 0. The minimum absolute atomic E-state index is 0.178. The Morgan fingerprint density at radius 3 is 2.50 bits per heavy atom. The largest absolute Gasteiger partial charge is 0.478 e. The molecule has 0 atom stereocenters. The molecule has 2 N–H and O–H groups in total. The lowest BCUT2D eigenvalue weighted by Crippen LogP contribution is -2.13. The number of hydrogen-bond acceptors (Lipinski definition) is 4. The van der Waals surface area contributed by atoms with E-state index >= 15 is 0 Å². The monoisotopic (exact) mass is 274 g/mol. The molecule has 0 saturated carbocycles. The van der Waals surface area contributed by atoms with Crippen LogP contribution in [0.4, 0.5) is 5.69 Å². The van der Waals surface area contributed by atoms with E-state index in [0.717, 1.165) is 5.69 Å². The number of carboxylic acids is 1. The fourth-order valence-electron chi connectivity index (χ4n) is 1.83. The van der Waals surface area contributed by atoms with Crippen LogP contribution in [0.2, 0.25) is 0 Å². The molecule has 0 spiro atoms. The summed E-state index contributed by atoms with van der Waals surface area (Å²) in [7, 11) is 4.01. The Morgan fingerprint density at radius 1 is 1.25 bits per heavy atom. The maximum atomic E-state index is 10.7. The van der Waals surface area contributed by atoms with Gasteiger partial charge in [0.2, 0.25) is 0 Å². The van der Waals surface area contributed by atoms with Crippen molar-refractivity contribution in [2.45, 2.75) is 13.1 Å². The van der Waals surface area contributed by atoms with Crippen molar-refractivity contribution in [3.63, 3.8) is 0 Å². The van der Waals surface area contributed by atoms with E-state index in [-0.39, 0.29) is 5.56 Å². The zero-order valence-electron chi connectivity index (χ0n) is 11.6. The maximum absolute atomic E-state index is 10.7. The summed E-state index contributed by atoms with van der Waals surface area (Å²) in [6.45, 7) is 1.21. The van der Waals surface area contributed by atoms with Gasteiger partial charge in [-0.2, -0.15) is 0 Å². The van der Waals surface area contributed by atoms with Crippen LogP contribution in [0.15, 0.2) is 41.0 Å². The van der Waals surface area contributed by atoms with Gasteiger partial charge < -0.3 is 19.7 Å². The quantitative estimate of drug-likeness (QED) is 0.846. The molecule has 0 unspecified atom stereocenters. The minimum atomic E-state index is -0.973. The van der Waals surface area contributed by atoms with Crippen molar-refractivity contribution < 1.29 is 14.3 Å². The van der Waals surface area contributed by atoms with Crippen molar-refractivity contribution in [2.24, 2.45) is 0 Å². The summed E-state index contributed by atoms with van der Waals surface area (Å²) < 4.78 is 5.16. The van der Waals surface area contributed by atoms with Gasteiger partial charge in [0.05, 0.1) is 12.1 Å². The second-order valence-corrected chi connectivity index (χ2v) is 4.77. The highest BCUT2D eigenvalue weighted by Crippen LogP contribution is 2.12. The average Bonchev–Trinajstić information content (AvgIpc) is 2.88. The first-order chi connectivity index (χ1) is 9.56. The molecule has 0 aliphatic carbocycles. The van der Waals surface area contributed by atoms with Crippen LogP contribution in [0.1, 0.15) is 21.7 Å². The van der Waals surface area contributed by atoms with E-state index in [9.17, 15) is 4.79 Å². The van der Waals surface area contributed by atoms with Crippen LogP contribution in [-0.2, 0) is 13.1 Å². The second-order valence-electron chi connectivity index (χ2n) is 4.77. The molecular weight excluding hydrogens is 256 g/mol. The zero-order valence-corrected chi connectivity index (χ0v) is 11.6. The summed E-state index contributed by atoms with van der Waals surface area (Å²) in [6.07, 6.45) is 1.26. The first-order valence-corrected chi connectivity index (χ1v) is 6.34. The molecular formula is C15H18N2O3. The lowest BCUT2D eigenvalue weighted by Gasteiger charge is -2.12. The van der Waals surface area contributed by atoms with Crippen LogP contribution in [-0.4, -0.2) is 25.2 Å². The smallest absolute Gasteiger partial charge is 0.338 e. The van der Waals surface area contributed by atoms with Gasteiger partial charge in [-0.15, -0.1) is 0 Å². The summed E-state index contributed by atoms with van der Waals surface area (Å²) in [5.74, 6) is -0.355. The van der Waals surface area contributed by atoms with Crippen LogP contribution in [0.3, 0.4) is 0 Å². The Balaban J connectivity index is 1.84. The van der Waals surface area contributed by atoms with Crippen molar-refractivity contribution in [2.75, 3.05) is 19.0 Å². The summed E-state index contributed by atoms with van der Waals surface area (Å²) in [5.41, 5.74) is 2.50. The van der Waals surface area contributed by atoms with Crippen LogP contribution in [0.5, 0.6) is 0 Å². The number of rotatable bonds is 6. The minimum Gasteiger partial charge on any atom is -0.478 e. The number of carboxylic acid groups (broad SMARTS) is 1. The van der Waals surface area contributed by atoms with Gasteiger partial charge in [-0.1, -0.05) is 12.1 Å². The molecule has 0 fully saturated rings. The van der Waals surface area contributed by atoms with Crippen LogP contribution >= 0.6 is 0 Å². The Hall–Kier alpha value is -2.27. The number of hydrogen-bond donors (Lipinski definition) is 2. The number of aromatic carboxylic acids is 1.